The second-order valence-corrected chi connectivity index (χ2v) is 6.33. The van der Waals surface area contributed by atoms with E-state index in [1.54, 1.807) is 0 Å². The molecule has 2 fully saturated rings. The highest BCUT2D eigenvalue weighted by molar-refractivity contribution is 4.98. The number of nitrogens with zero attached hydrogens (tertiary/aromatic N) is 2. The minimum atomic E-state index is -2.46. The molecule has 2 aliphatic rings. The van der Waals surface area contributed by atoms with Crippen molar-refractivity contribution in [3.63, 3.8) is 0 Å². The molecule has 0 unspecified atom stereocenters. The standard InChI is InChI=1S/C14H22F2N2/c1-11(2)13(8-17-3)6-4-12(5-7-13)18-9-14(15,16)10-18/h11-12H,4-10H2,1-2H3. The normalized spacial score (nSPS) is 36.1. The molecule has 1 saturated carbocycles. The van der Waals surface area contributed by atoms with Crippen molar-refractivity contribution >= 4 is 0 Å². The molecular formula is C14H22F2N2. The second kappa shape index (κ2) is 4.77. The van der Waals surface area contributed by atoms with Crippen LogP contribution in [0.1, 0.15) is 39.5 Å². The zero-order chi connectivity index (χ0) is 13.4. The number of alkyl halides is 2. The van der Waals surface area contributed by atoms with Gasteiger partial charge in [0.05, 0.1) is 13.1 Å². The van der Waals surface area contributed by atoms with E-state index in [1.165, 1.54) is 0 Å². The summed E-state index contributed by atoms with van der Waals surface area (Å²) in [6.45, 7) is 11.9. The smallest absolute Gasteiger partial charge is 0.272 e. The highest BCUT2D eigenvalue weighted by Crippen LogP contribution is 2.45. The second-order valence-electron chi connectivity index (χ2n) is 6.33. The lowest BCUT2D eigenvalue weighted by Gasteiger charge is -2.48. The van der Waals surface area contributed by atoms with Crippen molar-refractivity contribution < 1.29 is 8.78 Å². The van der Waals surface area contributed by atoms with E-state index in [4.69, 9.17) is 6.57 Å². The summed E-state index contributed by atoms with van der Waals surface area (Å²) >= 11 is 0. The van der Waals surface area contributed by atoms with E-state index in [1.807, 2.05) is 4.90 Å². The topological polar surface area (TPSA) is 7.60 Å². The molecule has 0 aromatic heterocycles. The Kier molecular flexibility index (Phi) is 3.64. The molecule has 1 heterocycles. The van der Waals surface area contributed by atoms with Gasteiger partial charge >= 0.3 is 0 Å². The molecule has 1 saturated heterocycles. The quantitative estimate of drug-likeness (QED) is 0.702. The Morgan fingerprint density at radius 1 is 1.28 bits per heavy atom. The summed E-state index contributed by atoms with van der Waals surface area (Å²) < 4.78 is 25.7. The molecule has 0 amide bonds. The van der Waals surface area contributed by atoms with Crippen LogP contribution in [0.15, 0.2) is 0 Å². The number of halogens is 2. The van der Waals surface area contributed by atoms with Crippen molar-refractivity contribution in [3.05, 3.63) is 11.4 Å². The van der Waals surface area contributed by atoms with Crippen LogP contribution in [0.25, 0.3) is 4.85 Å². The molecular weight excluding hydrogens is 234 g/mol. The monoisotopic (exact) mass is 256 g/mol. The summed E-state index contributed by atoms with van der Waals surface area (Å²) in [6.07, 6.45) is 3.98. The van der Waals surface area contributed by atoms with Crippen LogP contribution >= 0.6 is 0 Å². The van der Waals surface area contributed by atoms with Gasteiger partial charge < -0.3 is 4.85 Å². The average molecular weight is 256 g/mol. The number of likely N-dealkylation sites (tertiary alicyclic amines) is 1. The molecule has 0 bridgehead atoms. The third kappa shape index (κ3) is 2.51. The molecule has 0 atom stereocenters. The van der Waals surface area contributed by atoms with Crippen LogP contribution in [-0.2, 0) is 0 Å². The molecule has 2 rings (SSSR count). The van der Waals surface area contributed by atoms with Gasteiger partial charge in [0.15, 0.2) is 0 Å². The number of rotatable bonds is 3. The van der Waals surface area contributed by atoms with E-state index in [-0.39, 0.29) is 18.5 Å². The number of hydrogen-bond donors (Lipinski definition) is 0. The van der Waals surface area contributed by atoms with Crippen molar-refractivity contribution in [1.82, 2.24) is 4.90 Å². The molecule has 0 N–H and O–H groups in total. The van der Waals surface area contributed by atoms with Gasteiger partial charge in [0, 0.05) is 11.5 Å². The summed E-state index contributed by atoms with van der Waals surface area (Å²) in [5.41, 5.74) is 0.131. The summed E-state index contributed by atoms with van der Waals surface area (Å²) in [4.78, 5) is 5.52. The summed E-state index contributed by atoms with van der Waals surface area (Å²) in [7, 11) is 0. The van der Waals surface area contributed by atoms with Crippen LogP contribution < -0.4 is 0 Å². The predicted molar refractivity (Wildman–Crippen MR) is 67.5 cm³/mol. The predicted octanol–water partition coefficient (Wildman–Crippen LogP) is 3.44. The molecule has 102 valence electrons. The minimum absolute atomic E-state index is 0.0604. The van der Waals surface area contributed by atoms with E-state index in [9.17, 15) is 8.78 Å². The fourth-order valence-electron chi connectivity index (χ4n) is 3.42. The zero-order valence-corrected chi connectivity index (χ0v) is 11.3. The largest absolute Gasteiger partial charge is 0.316 e. The van der Waals surface area contributed by atoms with E-state index < -0.39 is 5.92 Å². The summed E-state index contributed by atoms with van der Waals surface area (Å²) in [6, 6.07) is 0.322. The molecule has 2 nitrogen and oxygen atoms in total. The fraction of sp³-hybridized carbons (Fsp3) is 0.929. The number of hydrogen-bond acceptors (Lipinski definition) is 1. The molecule has 0 aromatic rings. The molecule has 18 heavy (non-hydrogen) atoms. The van der Waals surface area contributed by atoms with E-state index in [0.717, 1.165) is 25.7 Å². The van der Waals surface area contributed by atoms with Gasteiger partial charge in [-0.1, -0.05) is 13.8 Å². The minimum Gasteiger partial charge on any atom is -0.316 e. The summed E-state index contributed by atoms with van der Waals surface area (Å²) in [5.74, 6) is -1.95. The molecule has 1 aliphatic carbocycles. The van der Waals surface area contributed by atoms with Crippen LogP contribution in [0, 0.1) is 17.9 Å². The average Bonchev–Trinajstić information content (AvgIpc) is 2.27. The van der Waals surface area contributed by atoms with Gasteiger partial charge in [0.1, 0.15) is 0 Å². The lowest BCUT2D eigenvalue weighted by molar-refractivity contribution is -0.153. The Morgan fingerprint density at radius 3 is 2.22 bits per heavy atom. The Hall–Kier alpha value is -0.690. The van der Waals surface area contributed by atoms with Crippen LogP contribution in [0.2, 0.25) is 0 Å². The van der Waals surface area contributed by atoms with Crippen molar-refractivity contribution in [3.8, 4) is 0 Å². The highest BCUT2D eigenvalue weighted by atomic mass is 19.3. The Labute approximate surface area is 108 Å². The Bertz CT molecular complexity index is 330. The van der Waals surface area contributed by atoms with Crippen LogP contribution in [-0.4, -0.2) is 36.5 Å². The van der Waals surface area contributed by atoms with Gasteiger partial charge in [-0.3, -0.25) is 4.90 Å². The SMILES string of the molecule is [C-]#[N+]CC1(C(C)C)CCC(N2CC(F)(F)C2)CC1. The van der Waals surface area contributed by atoms with Gasteiger partial charge in [-0.15, -0.1) is 0 Å². The van der Waals surface area contributed by atoms with E-state index >= 15 is 0 Å². The van der Waals surface area contributed by atoms with Gasteiger partial charge in [0.25, 0.3) is 5.92 Å². The maximum absolute atomic E-state index is 12.9. The highest BCUT2D eigenvalue weighted by Gasteiger charge is 2.49. The molecule has 0 aromatic carbocycles. The maximum Gasteiger partial charge on any atom is 0.272 e. The molecule has 0 spiro atoms. The van der Waals surface area contributed by atoms with Crippen molar-refractivity contribution in [2.24, 2.45) is 11.3 Å². The van der Waals surface area contributed by atoms with E-state index in [2.05, 4.69) is 18.7 Å². The van der Waals surface area contributed by atoms with Crippen LogP contribution in [0.5, 0.6) is 0 Å². The van der Waals surface area contributed by atoms with Crippen LogP contribution in [0.4, 0.5) is 8.78 Å². The third-order valence-corrected chi connectivity index (χ3v) is 4.95. The Balaban J connectivity index is 1.89. The first-order valence-corrected chi connectivity index (χ1v) is 6.84. The first kappa shape index (κ1) is 13.7. The van der Waals surface area contributed by atoms with E-state index in [0.29, 0.717) is 18.5 Å². The Morgan fingerprint density at radius 2 is 1.83 bits per heavy atom. The molecule has 0 radical (unpaired) electrons. The van der Waals surface area contributed by atoms with Crippen molar-refractivity contribution in [2.75, 3.05) is 19.6 Å². The fourth-order valence-corrected chi connectivity index (χ4v) is 3.42. The van der Waals surface area contributed by atoms with Gasteiger partial charge in [-0.25, -0.2) is 15.4 Å². The third-order valence-electron chi connectivity index (χ3n) is 4.95. The lowest BCUT2D eigenvalue weighted by Crippen LogP contribution is -2.61. The first-order valence-electron chi connectivity index (χ1n) is 6.84. The lowest BCUT2D eigenvalue weighted by atomic mass is 9.65. The van der Waals surface area contributed by atoms with Crippen LogP contribution in [0.3, 0.4) is 0 Å². The van der Waals surface area contributed by atoms with Gasteiger partial charge in [0.2, 0.25) is 6.54 Å². The molecule has 1 aliphatic heterocycles. The summed E-state index contributed by atoms with van der Waals surface area (Å²) in [5, 5.41) is 0. The zero-order valence-electron chi connectivity index (χ0n) is 11.3. The van der Waals surface area contributed by atoms with Gasteiger partial charge in [-0.05, 0) is 31.6 Å². The van der Waals surface area contributed by atoms with Gasteiger partial charge in [-0.2, -0.15) is 0 Å². The van der Waals surface area contributed by atoms with Crippen molar-refractivity contribution in [2.45, 2.75) is 51.5 Å². The maximum atomic E-state index is 12.9. The molecule has 4 heteroatoms. The first-order chi connectivity index (χ1) is 8.38. The van der Waals surface area contributed by atoms with Crippen molar-refractivity contribution in [1.29, 1.82) is 0 Å².